The Hall–Kier alpha value is -1.23. The third kappa shape index (κ3) is 1.94. The predicted molar refractivity (Wildman–Crippen MR) is 42.4 cm³/mol. The minimum atomic E-state index is 0.217. The summed E-state index contributed by atoms with van der Waals surface area (Å²) in [6.07, 6.45) is 4.61. The van der Waals surface area contributed by atoms with Crippen LogP contribution in [0.25, 0.3) is 0 Å². The summed E-state index contributed by atoms with van der Waals surface area (Å²) in [7, 11) is 0. The molecule has 1 rings (SSSR count). The highest BCUT2D eigenvalue weighted by Gasteiger charge is 1.89. The third-order valence-electron chi connectivity index (χ3n) is 0.828. The first kappa shape index (κ1) is 6.88. The SMILES string of the molecule is NC(=S)Nc1cncnc1. The van der Waals surface area contributed by atoms with Gasteiger partial charge in [-0.1, -0.05) is 0 Å². The second-order valence-corrected chi connectivity index (χ2v) is 2.06. The van der Waals surface area contributed by atoms with E-state index >= 15 is 0 Å². The zero-order valence-electron chi connectivity index (χ0n) is 5.11. The molecule has 10 heavy (non-hydrogen) atoms. The van der Waals surface area contributed by atoms with E-state index in [0.29, 0.717) is 5.69 Å². The molecule has 1 aromatic heterocycles. The van der Waals surface area contributed by atoms with Gasteiger partial charge in [0.25, 0.3) is 0 Å². The molecule has 1 aromatic rings. The van der Waals surface area contributed by atoms with Crippen molar-refractivity contribution in [1.82, 2.24) is 9.97 Å². The smallest absolute Gasteiger partial charge is 0.168 e. The summed E-state index contributed by atoms with van der Waals surface area (Å²) in [5.74, 6) is 0. The van der Waals surface area contributed by atoms with Gasteiger partial charge in [0.15, 0.2) is 5.11 Å². The Morgan fingerprint density at radius 2 is 2.10 bits per heavy atom. The van der Waals surface area contributed by atoms with E-state index in [4.69, 9.17) is 5.73 Å². The van der Waals surface area contributed by atoms with E-state index in [9.17, 15) is 0 Å². The van der Waals surface area contributed by atoms with Crippen LogP contribution >= 0.6 is 12.2 Å². The molecule has 4 nitrogen and oxygen atoms in total. The molecular weight excluding hydrogens is 148 g/mol. The van der Waals surface area contributed by atoms with Gasteiger partial charge in [0.1, 0.15) is 6.33 Å². The summed E-state index contributed by atoms with van der Waals surface area (Å²) in [5.41, 5.74) is 5.89. The van der Waals surface area contributed by atoms with Gasteiger partial charge in [0.05, 0.1) is 18.1 Å². The molecule has 0 fully saturated rings. The van der Waals surface area contributed by atoms with Crippen molar-refractivity contribution in [2.45, 2.75) is 0 Å². The first-order valence-corrected chi connectivity index (χ1v) is 3.01. The number of hydrogen-bond donors (Lipinski definition) is 2. The fourth-order valence-corrected chi connectivity index (χ4v) is 0.624. The number of nitrogens with two attached hydrogens (primary N) is 1. The zero-order valence-corrected chi connectivity index (χ0v) is 5.93. The van der Waals surface area contributed by atoms with Crippen molar-refractivity contribution >= 4 is 23.0 Å². The van der Waals surface area contributed by atoms with Gasteiger partial charge in [-0.05, 0) is 12.2 Å². The van der Waals surface area contributed by atoms with Crippen molar-refractivity contribution in [3.63, 3.8) is 0 Å². The van der Waals surface area contributed by atoms with E-state index < -0.39 is 0 Å². The number of rotatable bonds is 1. The molecule has 0 saturated heterocycles. The van der Waals surface area contributed by atoms with Gasteiger partial charge in [-0.25, -0.2) is 9.97 Å². The number of nitrogens with zero attached hydrogens (tertiary/aromatic N) is 2. The molecule has 0 aliphatic heterocycles. The molecule has 3 N–H and O–H groups in total. The standard InChI is InChI=1S/C5H6N4S/c6-5(10)9-4-1-7-3-8-2-4/h1-3H,(H3,6,9,10). The Kier molecular flexibility index (Phi) is 2.11. The molecule has 52 valence electrons. The van der Waals surface area contributed by atoms with Crippen molar-refractivity contribution in [1.29, 1.82) is 0 Å². The lowest BCUT2D eigenvalue weighted by molar-refractivity contribution is 1.17. The Morgan fingerprint density at radius 3 is 2.60 bits per heavy atom. The molecule has 0 atom stereocenters. The van der Waals surface area contributed by atoms with Crippen LogP contribution in [0.3, 0.4) is 0 Å². The van der Waals surface area contributed by atoms with Crippen molar-refractivity contribution in [3.8, 4) is 0 Å². The monoisotopic (exact) mass is 154 g/mol. The molecule has 0 aromatic carbocycles. The molecular formula is C5H6N4S. The molecule has 0 bridgehead atoms. The molecule has 0 aliphatic carbocycles. The summed E-state index contributed by atoms with van der Waals surface area (Å²) >= 11 is 4.59. The minimum absolute atomic E-state index is 0.217. The quantitative estimate of drug-likeness (QED) is 0.563. The maximum atomic E-state index is 5.19. The summed E-state index contributed by atoms with van der Waals surface area (Å²) < 4.78 is 0. The lowest BCUT2D eigenvalue weighted by atomic mass is 10.5. The number of hydrogen-bond acceptors (Lipinski definition) is 3. The lowest BCUT2D eigenvalue weighted by Crippen LogP contribution is -2.18. The molecule has 5 heteroatoms. The van der Waals surface area contributed by atoms with Gasteiger partial charge >= 0.3 is 0 Å². The summed E-state index contributed by atoms with van der Waals surface area (Å²) in [4.78, 5) is 7.50. The largest absolute Gasteiger partial charge is 0.376 e. The van der Waals surface area contributed by atoms with Crippen LogP contribution in [0.5, 0.6) is 0 Å². The lowest BCUT2D eigenvalue weighted by Gasteiger charge is -1.99. The van der Waals surface area contributed by atoms with Crippen LogP contribution in [0.15, 0.2) is 18.7 Å². The van der Waals surface area contributed by atoms with Crippen molar-refractivity contribution in [2.24, 2.45) is 5.73 Å². The fourth-order valence-electron chi connectivity index (χ4n) is 0.506. The second kappa shape index (κ2) is 3.07. The van der Waals surface area contributed by atoms with Crippen LogP contribution in [0.4, 0.5) is 5.69 Å². The topological polar surface area (TPSA) is 63.8 Å². The van der Waals surface area contributed by atoms with Crippen LogP contribution in [-0.2, 0) is 0 Å². The van der Waals surface area contributed by atoms with Gasteiger partial charge in [-0.2, -0.15) is 0 Å². The highest BCUT2D eigenvalue weighted by Crippen LogP contribution is 1.97. The summed E-state index contributed by atoms with van der Waals surface area (Å²) in [6.45, 7) is 0. The van der Waals surface area contributed by atoms with Gasteiger partial charge in [-0.3, -0.25) is 0 Å². The molecule has 0 spiro atoms. The van der Waals surface area contributed by atoms with Crippen LogP contribution in [0, 0.1) is 0 Å². The Morgan fingerprint density at radius 1 is 1.50 bits per heavy atom. The van der Waals surface area contributed by atoms with Crippen LogP contribution in [-0.4, -0.2) is 15.1 Å². The number of nitrogens with one attached hydrogen (secondary N) is 1. The normalized spacial score (nSPS) is 8.80. The molecule has 0 aliphatic rings. The number of thiocarbonyl (C=S) groups is 1. The average Bonchev–Trinajstić information content (AvgIpc) is 1.88. The van der Waals surface area contributed by atoms with Crippen LogP contribution < -0.4 is 11.1 Å². The Labute approximate surface area is 63.5 Å². The van der Waals surface area contributed by atoms with Gasteiger partial charge in [-0.15, -0.1) is 0 Å². The highest BCUT2D eigenvalue weighted by atomic mass is 32.1. The van der Waals surface area contributed by atoms with E-state index in [1.807, 2.05) is 0 Å². The minimum Gasteiger partial charge on any atom is -0.376 e. The first-order chi connectivity index (χ1) is 4.79. The average molecular weight is 154 g/mol. The van der Waals surface area contributed by atoms with Gasteiger partial charge < -0.3 is 11.1 Å². The third-order valence-corrected chi connectivity index (χ3v) is 0.930. The van der Waals surface area contributed by atoms with E-state index in [0.717, 1.165) is 0 Å². The fraction of sp³-hybridized carbons (Fsp3) is 0. The van der Waals surface area contributed by atoms with Crippen molar-refractivity contribution < 1.29 is 0 Å². The first-order valence-electron chi connectivity index (χ1n) is 2.60. The highest BCUT2D eigenvalue weighted by molar-refractivity contribution is 7.80. The van der Waals surface area contributed by atoms with E-state index in [2.05, 4.69) is 27.5 Å². The molecule has 0 saturated carbocycles. The van der Waals surface area contributed by atoms with Gasteiger partial charge in [0, 0.05) is 0 Å². The predicted octanol–water partition coefficient (Wildman–Crippen LogP) is 0.132. The van der Waals surface area contributed by atoms with Crippen LogP contribution in [0.1, 0.15) is 0 Å². The summed E-state index contributed by atoms with van der Waals surface area (Å²) in [6, 6.07) is 0. The molecule has 0 amide bonds. The number of anilines is 1. The maximum absolute atomic E-state index is 5.19. The molecule has 1 heterocycles. The summed E-state index contributed by atoms with van der Waals surface area (Å²) in [5, 5.41) is 2.91. The van der Waals surface area contributed by atoms with Gasteiger partial charge in [0.2, 0.25) is 0 Å². The van der Waals surface area contributed by atoms with Crippen molar-refractivity contribution in [2.75, 3.05) is 5.32 Å². The van der Waals surface area contributed by atoms with E-state index in [1.54, 1.807) is 12.4 Å². The molecule has 0 radical (unpaired) electrons. The molecule has 0 unspecified atom stereocenters. The van der Waals surface area contributed by atoms with E-state index in [-0.39, 0.29) is 5.11 Å². The van der Waals surface area contributed by atoms with Crippen LogP contribution in [0.2, 0.25) is 0 Å². The second-order valence-electron chi connectivity index (χ2n) is 1.62. The Bertz CT molecular complexity index is 222. The van der Waals surface area contributed by atoms with E-state index in [1.165, 1.54) is 6.33 Å². The Balaban J connectivity index is 2.67. The maximum Gasteiger partial charge on any atom is 0.168 e. The number of aromatic nitrogens is 2. The van der Waals surface area contributed by atoms with Crippen molar-refractivity contribution in [3.05, 3.63) is 18.7 Å². The zero-order chi connectivity index (χ0) is 7.40.